The van der Waals surface area contributed by atoms with Crippen molar-refractivity contribution in [3.63, 3.8) is 0 Å². The molecule has 0 saturated carbocycles. The first kappa shape index (κ1) is 26.4. The van der Waals surface area contributed by atoms with Crippen LogP contribution in [0.25, 0.3) is 0 Å². The Hall–Kier alpha value is -1.55. The second-order valence-electron chi connectivity index (χ2n) is 6.06. The molecule has 0 aliphatic rings. The molecule has 0 radical (unpaired) electrons. The molecule has 0 aromatic carbocycles. The van der Waals surface area contributed by atoms with Crippen LogP contribution < -0.4 is 5.32 Å². The molecular weight excluding hydrogens is 370 g/mol. The van der Waals surface area contributed by atoms with Gasteiger partial charge in [-0.15, -0.1) is 0 Å². The molecule has 0 heterocycles. The number of carbonyl (C=O) groups is 3. The highest BCUT2D eigenvalue weighted by Gasteiger charge is 2.01. The molecule has 0 atom stereocenters. The van der Waals surface area contributed by atoms with Crippen molar-refractivity contribution in [2.24, 2.45) is 0 Å². The van der Waals surface area contributed by atoms with Crippen molar-refractivity contribution >= 4 is 18.2 Å². The van der Waals surface area contributed by atoms with Crippen molar-refractivity contribution in [2.75, 3.05) is 59.4 Å². The lowest BCUT2D eigenvalue weighted by Crippen LogP contribution is -2.27. The number of hydrogen-bond donors (Lipinski definition) is 2. The van der Waals surface area contributed by atoms with E-state index in [4.69, 9.17) is 24.1 Å². The maximum absolute atomic E-state index is 11.6. The third kappa shape index (κ3) is 22.5. The van der Waals surface area contributed by atoms with E-state index in [9.17, 15) is 14.4 Å². The summed E-state index contributed by atoms with van der Waals surface area (Å²) in [7, 11) is 0. The van der Waals surface area contributed by atoms with E-state index in [0.29, 0.717) is 78.7 Å². The van der Waals surface area contributed by atoms with Crippen molar-refractivity contribution in [3.05, 3.63) is 0 Å². The van der Waals surface area contributed by atoms with Crippen LogP contribution in [0.1, 0.15) is 44.9 Å². The van der Waals surface area contributed by atoms with Gasteiger partial charge in [-0.2, -0.15) is 0 Å². The molecule has 0 aromatic rings. The Labute approximate surface area is 167 Å². The molecule has 2 N–H and O–H groups in total. The molecule has 0 spiro atoms. The van der Waals surface area contributed by atoms with E-state index in [-0.39, 0.29) is 12.3 Å². The predicted molar refractivity (Wildman–Crippen MR) is 102 cm³/mol. The molecule has 9 heteroatoms. The lowest BCUT2D eigenvalue weighted by molar-refractivity contribution is -0.137. The number of aliphatic carboxylic acids is 1. The van der Waals surface area contributed by atoms with Crippen LogP contribution >= 0.6 is 0 Å². The fourth-order valence-electron chi connectivity index (χ4n) is 2.16. The lowest BCUT2D eigenvalue weighted by atomic mass is 10.1. The Kier molecular flexibility index (Phi) is 20.5. The van der Waals surface area contributed by atoms with E-state index in [1.54, 1.807) is 0 Å². The molecule has 28 heavy (non-hydrogen) atoms. The number of hydrogen-bond acceptors (Lipinski definition) is 7. The maximum Gasteiger partial charge on any atom is 0.303 e. The van der Waals surface area contributed by atoms with E-state index in [1.807, 2.05) is 0 Å². The van der Waals surface area contributed by atoms with Gasteiger partial charge >= 0.3 is 5.97 Å². The zero-order valence-corrected chi connectivity index (χ0v) is 16.7. The van der Waals surface area contributed by atoms with Gasteiger partial charge in [0.15, 0.2) is 0 Å². The number of rotatable bonds is 22. The molecule has 9 nitrogen and oxygen atoms in total. The van der Waals surface area contributed by atoms with Crippen LogP contribution in [-0.4, -0.2) is 82.7 Å². The Bertz CT molecular complexity index is 392. The van der Waals surface area contributed by atoms with Crippen LogP contribution in [0.15, 0.2) is 0 Å². The van der Waals surface area contributed by atoms with Crippen LogP contribution in [0.4, 0.5) is 0 Å². The maximum atomic E-state index is 11.6. The van der Waals surface area contributed by atoms with Crippen LogP contribution in [0.5, 0.6) is 0 Å². The zero-order chi connectivity index (χ0) is 20.7. The number of ether oxygens (including phenoxy) is 4. The summed E-state index contributed by atoms with van der Waals surface area (Å²) in [5.74, 6) is -0.782. The van der Waals surface area contributed by atoms with Crippen LogP contribution in [0, 0.1) is 0 Å². The average Bonchev–Trinajstić information content (AvgIpc) is 2.67. The normalized spacial score (nSPS) is 10.7. The van der Waals surface area contributed by atoms with Crippen molar-refractivity contribution in [3.8, 4) is 0 Å². The number of nitrogens with one attached hydrogen (secondary N) is 1. The van der Waals surface area contributed by atoms with Gasteiger partial charge in [-0.1, -0.05) is 12.8 Å². The SMILES string of the molecule is O=CCCOCCOCCOCCOCCNC(=O)CCCCCCC(=O)O. The number of aldehydes is 1. The van der Waals surface area contributed by atoms with Gasteiger partial charge in [0.1, 0.15) is 6.29 Å². The quantitative estimate of drug-likeness (QED) is 0.203. The van der Waals surface area contributed by atoms with E-state index in [0.717, 1.165) is 25.5 Å². The Balaban J connectivity index is 3.15. The fraction of sp³-hybridized carbons (Fsp3) is 0.842. The highest BCUT2D eigenvalue weighted by molar-refractivity contribution is 5.75. The van der Waals surface area contributed by atoms with Gasteiger partial charge in [-0.3, -0.25) is 9.59 Å². The fourth-order valence-corrected chi connectivity index (χ4v) is 2.16. The summed E-state index contributed by atoms with van der Waals surface area (Å²) >= 11 is 0. The third-order valence-corrected chi connectivity index (χ3v) is 3.61. The smallest absolute Gasteiger partial charge is 0.303 e. The number of amides is 1. The Morgan fingerprint density at radius 3 is 1.75 bits per heavy atom. The lowest BCUT2D eigenvalue weighted by Gasteiger charge is -2.08. The van der Waals surface area contributed by atoms with Gasteiger partial charge in [0.2, 0.25) is 5.91 Å². The highest BCUT2D eigenvalue weighted by Crippen LogP contribution is 2.05. The topological polar surface area (TPSA) is 120 Å². The molecule has 0 bridgehead atoms. The van der Waals surface area contributed by atoms with Gasteiger partial charge in [0.25, 0.3) is 0 Å². The van der Waals surface area contributed by atoms with Gasteiger partial charge in [0.05, 0.1) is 52.9 Å². The zero-order valence-electron chi connectivity index (χ0n) is 16.7. The highest BCUT2D eigenvalue weighted by atomic mass is 16.6. The predicted octanol–water partition coefficient (Wildman–Crippen LogP) is 1.18. The number of carbonyl (C=O) groups excluding carboxylic acids is 2. The summed E-state index contributed by atoms with van der Waals surface area (Å²) in [5.41, 5.74) is 0. The van der Waals surface area contributed by atoms with E-state index in [1.165, 1.54) is 0 Å². The van der Waals surface area contributed by atoms with Crippen LogP contribution in [0.2, 0.25) is 0 Å². The largest absolute Gasteiger partial charge is 0.481 e. The summed E-state index contributed by atoms with van der Waals surface area (Å²) < 4.78 is 21.2. The van der Waals surface area contributed by atoms with Gasteiger partial charge in [0, 0.05) is 25.8 Å². The van der Waals surface area contributed by atoms with Gasteiger partial charge in [-0.25, -0.2) is 0 Å². The molecule has 0 saturated heterocycles. The first-order valence-electron chi connectivity index (χ1n) is 9.90. The monoisotopic (exact) mass is 405 g/mol. The Morgan fingerprint density at radius 1 is 0.714 bits per heavy atom. The molecular formula is C19H35NO8. The van der Waals surface area contributed by atoms with Crippen LogP contribution in [0.3, 0.4) is 0 Å². The molecule has 0 aromatic heterocycles. The van der Waals surface area contributed by atoms with E-state index in [2.05, 4.69) is 5.32 Å². The summed E-state index contributed by atoms with van der Waals surface area (Å²) in [5, 5.41) is 11.3. The standard InChI is InChI=1S/C19H35NO8/c21-9-5-10-25-12-14-27-16-17-28-15-13-26-11-8-20-18(22)6-3-1-2-4-7-19(23)24/h9H,1-8,10-17H2,(H,20,22)(H,23,24). The molecule has 0 unspecified atom stereocenters. The van der Waals surface area contributed by atoms with Gasteiger partial charge < -0.3 is 34.2 Å². The minimum atomic E-state index is -0.773. The molecule has 0 aliphatic heterocycles. The second kappa shape index (κ2) is 21.7. The molecule has 0 rings (SSSR count). The summed E-state index contributed by atoms with van der Waals surface area (Å²) in [4.78, 5) is 32.0. The molecule has 0 aliphatic carbocycles. The first-order chi connectivity index (χ1) is 13.7. The number of carboxylic acid groups (broad SMARTS) is 1. The van der Waals surface area contributed by atoms with Crippen molar-refractivity contribution in [1.29, 1.82) is 0 Å². The van der Waals surface area contributed by atoms with Gasteiger partial charge in [-0.05, 0) is 12.8 Å². The van der Waals surface area contributed by atoms with E-state index >= 15 is 0 Å². The Morgan fingerprint density at radius 2 is 1.21 bits per heavy atom. The first-order valence-corrected chi connectivity index (χ1v) is 9.90. The molecule has 0 fully saturated rings. The minimum Gasteiger partial charge on any atom is -0.481 e. The third-order valence-electron chi connectivity index (χ3n) is 3.61. The number of unbranched alkanes of at least 4 members (excludes halogenated alkanes) is 3. The molecule has 1 amide bonds. The van der Waals surface area contributed by atoms with Crippen LogP contribution in [-0.2, 0) is 33.3 Å². The van der Waals surface area contributed by atoms with Crippen molar-refractivity contribution in [2.45, 2.75) is 44.9 Å². The average molecular weight is 405 g/mol. The minimum absolute atomic E-state index is 0.00891. The summed E-state index contributed by atoms with van der Waals surface area (Å²) in [6.07, 6.45) is 5.01. The van der Waals surface area contributed by atoms with Crippen molar-refractivity contribution < 1.29 is 38.4 Å². The summed E-state index contributed by atoms with van der Waals surface area (Å²) in [6.45, 7) is 4.12. The number of carboxylic acids is 1. The molecule has 164 valence electrons. The second-order valence-corrected chi connectivity index (χ2v) is 6.06. The van der Waals surface area contributed by atoms with Crippen molar-refractivity contribution in [1.82, 2.24) is 5.32 Å². The summed E-state index contributed by atoms with van der Waals surface area (Å²) in [6, 6.07) is 0. The van der Waals surface area contributed by atoms with E-state index < -0.39 is 5.97 Å².